The number of aryl methyl sites for hydroxylation is 1. The maximum absolute atomic E-state index is 12.6. The minimum Gasteiger partial charge on any atom is -0.504 e. The molecule has 1 saturated heterocycles. The molecule has 6 atom stereocenters. The molecule has 10 heteroatoms. The van der Waals surface area contributed by atoms with Gasteiger partial charge in [0.25, 0.3) is 0 Å². The molecule has 0 aromatic heterocycles. The van der Waals surface area contributed by atoms with Crippen molar-refractivity contribution in [2.45, 2.75) is 88.7 Å². The van der Waals surface area contributed by atoms with Gasteiger partial charge in [0.15, 0.2) is 23.9 Å². The number of carbonyl (C=O) groups excluding carboxylic acids is 1. The summed E-state index contributed by atoms with van der Waals surface area (Å²) in [5.74, 6) is -1.29. The van der Waals surface area contributed by atoms with Crippen LogP contribution in [-0.2, 0) is 25.5 Å². The van der Waals surface area contributed by atoms with Gasteiger partial charge in [-0.2, -0.15) is 0 Å². The molecule has 1 aromatic rings. The Labute approximate surface area is 192 Å². The largest absolute Gasteiger partial charge is 0.504 e. The maximum atomic E-state index is 12.6. The third kappa shape index (κ3) is 7.65. The predicted molar refractivity (Wildman–Crippen MR) is 116 cm³/mol. The highest BCUT2D eigenvalue weighted by Gasteiger charge is 2.48. The molecule has 1 aliphatic rings. The number of ether oxygens (including phenoxy) is 3. The Morgan fingerprint density at radius 3 is 2.45 bits per heavy atom. The number of aliphatic hydroxyl groups excluding tert-OH is 3. The monoisotopic (exact) mass is 470 g/mol. The minimum atomic E-state index is -1.81. The number of rotatable bonds is 13. The Morgan fingerprint density at radius 1 is 1.12 bits per heavy atom. The number of methoxy groups -OCH3 is 1. The summed E-state index contributed by atoms with van der Waals surface area (Å²) in [7, 11) is 1.45. The van der Waals surface area contributed by atoms with Gasteiger partial charge in [-0.05, 0) is 30.5 Å². The first kappa shape index (κ1) is 27.0. The lowest BCUT2D eigenvalue weighted by atomic mass is 9.98. The summed E-state index contributed by atoms with van der Waals surface area (Å²) >= 11 is 0. The van der Waals surface area contributed by atoms with E-state index < -0.39 is 42.8 Å². The molecule has 0 saturated carbocycles. The Hall–Kier alpha value is -2.24. The van der Waals surface area contributed by atoms with Crippen LogP contribution in [0.5, 0.6) is 11.5 Å². The highest BCUT2D eigenvalue weighted by Crippen LogP contribution is 2.28. The van der Waals surface area contributed by atoms with Gasteiger partial charge in [0.1, 0.15) is 24.1 Å². The van der Waals surface area contributed by atoms with Crippen molar-refractivity contribution in [3.63, 3.8) is 0 Å². The lowest BCUT2D eigenvalue weighted by Crippen LogP contribution is -2.60. The number of carbonyl (C=O) groups is 2. The van der Waals surface area contributed by atoms with Gasteiger partial charge in [-0.15, -0.1) is 0 Å². The van der Waals surface area contributed by atoms with Gasteiger partial charge in [0.2, 0.25) is 0 Å². The van der Waals surface area contributed by atoms with E-state index in [9.17, 15) is 35.1 Å². The summed E-state index contributed by atoms with van der Waals surface area (Å²) in [6, 6.07) is 4.91. The molecule has 186 valence electrons. The van der Waals surface area contributed by atoms with Crippen LogP contribution in [0, 0.1) is 0 Å². The average molecular weight is 471 g/mol. The second-order valence-electron chi connectivity index (χ2n) is 8.24. The third-order valence-corrected chi connectivity index (χ3v) is 5.66. The molecular weight excluding hydrogens is 436 g/mol. The fourth-order valence-corrected chi connectivity index (χ4v) is 3.73. The second-order valence-corrected chi connectivity index (χ2v) is 8.24. The molecule has 1 fully saturated rings. The van der Waals surface area contributed by atoms with E-state index in [-0.39, 0.29) is 24.4 Å². The van der Waals surface area contributed by atoms with Crippen molar-refractivity contribution in [3.05, 3.63) is 23.8 Å². The van der Waals surface area contributed by atoms with Crippen LogP contribution in [0.2, 0.25) is 0 Å². The molecule has 1 heterocycles. The first-order chi connectivity index (χ1) is 15.7. The number of aliphatic carboxylic acids is 1. The van der Waals surface area contributed by atoms with Crippen LogP contribution in [0.1, 0.15) is 51.0 Å². The quantitative estimate of drug-likeness (QED) is 0.264. The van der Waals surface area contributed by atoms with E-state index in [0.717, 1.165) is 24.8 Å². The van der Waals surface area contributed by atoms with Gasteiger partial charge >= 0.3 is 5.97 Å². The molecular formula is C23H34O10. The number of carboxylic acid groups (broad SMARTS) is 1. The number of hydrogen-bond donors (Lipinski definition) is 5. The van der Waals surface area contributed by atoms with Crippen LogP contribution >= 0.6 is 0 Å². The van der Waals surface area contributed by atoms with Gasteiger partial charge < -0.3 is 39.7 Å². The summed E-state index contributed by atoms with van der Waals surface area (Å²) in [6.45, 7) is 2.02. The zero-order valence-electron chi connectivity index (χ0n) is 18.9. The second kappa shape index (κ2) is 12.9. The number of phenolic OH excluding ortho intramolecular Hbond substituents is 1. The van der Waals surface area contributed by atoms with Crippen molar-refractivity contribution in [2.75, 3.05) is 7.11 Å². The zero-order valence-corrected chi connectivity index (χ0v) is 18.9. The number of hydrogen-bond acceptors (Lipinski definition) is 9. The van der Waals surface area contributed by atoms with Crippen LogP contribution < -0.4 is 4.74 Å². The lowest BCUT2D eigenvalue weighted by Gasteiger charge is -2.39. The number of carboxylic acids is 1. The SMILES string of the molecule is CCCCCC(CC(=O)CCc1ccc(OC)c(O)c1)OC1O[C@H](C(=O)O)[C@@H](O)[C@H](O)[C@H]1O. The van der Waals surface area contributed by atoms with Crippen LogP contribution in [0.15, 0.2) is 18.2 Å². The van der Waals surface area contributed by atoms with Crippen LogP contribution in [0.3, 0.4) is 0 Å². The van der Waals surface area contributed by atoms with Gasteiger partial charge in [-0.1, -0.05) is 32.3 Å². The van der Waals surface area contributed by atoms with E-state index in [1.54, 1.807) is 12.1 Å². The Kier molecular flexibility index (Phi) is 10.5. The summed E-state index contributed by atoms with van der Waals surface area (Å²) in [5.41, 5.74) is 0.762. The molecule has 33 heavy (non-hydrogen) atoms. The normalized spacial score (nSPS) is 26.0. The number of aromatic hydroxyl groups is 1. The van der Waals surface area contributed by atoms with Crippen LogP contribution in [0.4, 0.5) is 0 Å². The standard InChI is InChI=1S/C23H34O10/c1-3-4-5-6-15(32-23-20(28)18(26)19(27)21(33-23)22(29)30)12-14(24)9-7-13-8-10-17(31-2)16(25)11-13/h8,10-11,15,18-21,23,25-28H,3-7,9,12H2,1-2H3,(H,29,30)/t15?,18-,19-,20+,21-,23?/m0/s1. The number of Topliss-reactive ketones (excluding diaryl/α,β-unsaturated/α-hetero) is 1. The molecule has 2 rings (SSSR count). The molecule has 1 aromatic carbocycles. The molecule has 1 aliphatic heterocycles. The molecule has 0 amide bonds. The predicted octanol–water partition coefficient (Wildman–Crippen LogP) is 1.15. The third-order valence-electron chi connectivity index (χ3n) is 5.66. The van der Waals surface area contributed by atoms with E-state index >= 15 is 0 Å². The number of aliphatic hydroxyl groups is 3. The first-order valence-corrected chi connectivity index (χ1v) is 11.1. The fourth-order valence-electron chi connectivity index (χ4n) is 3.73. The van der Waals surface area contributed by atoms with Crippen molar-refractivity contribution in [2.24, 2.45) is 0 Å². The highest BCUT2D eigenvalue weighted by molar-refractivity contribution is 5.79. The van der Waals surface area contributed by atoms with E-state index in [0.29, 0.717) is 18.6 Å². The van der Waals surface area contributed by atoms with E-state index in [4.69, 9.17) is 14.2 Å². The summed E-state index contributed by atoms with van der Waals surface area (Å²) in [4.78, 5) is 23.9. The molecule has 2 unspecified atom stereocenters. The van der Waals surface area contributed by atoms with Crippen LogP contribution in [0.25, 0.3) is 0 Å². The molecule has 0 radical (unpaired) electrons. The van der Waals surface area contributed by atoms with Crippen molar-refractivity contribution in [1.82, 2.24) is 0 Å². The van der Waals surface area contributed by atoms with Crippen molar-refractivity contribution in [1.29, 1.82) is 0 Å². The number of phenols is 1. The minimum absolute atomic E-state index is 0.00875. The molecule has 5 N–H and O–H groups in total. The summed E-state index contributed by atoms with van der Waals surface area (Å²) < 4.78 is 15.9. The Bertz CT molecular complexity index is 783. The van der Waals surface area contributed by atoms with Gasteiger partial charge in [-0.25, -0.2) is 4.79 Å². The Morgan fingerprint density at radius 2 is 1.85 bits per heavy atom. The molecule has 10 nitrogen and oxygen atoms in total. The molecule has 0 spiro atoms. The topological polar surface area (TPSA) is 163 Å². The summed E-state index contributed by atoms with van der Waals surface area (Å²) in [5, 5.41) is 49.1. The van der Waals surface area contributed by atoms with Gasteiger partial charge in [0, 0.05) is 12.8 Å². The number of ketones is 1. The van der Waals surface area contributed by atoms with E-state index in [1.807, 2.05) is 6.92 Å². The maximum Gasteiger partial charge on any atom is 0.335 e. The Balaban J connectivity index is 2.00. The van der Waals surface area contributed by atoms with Crippen molar-refractivity contribution < 1.29 is 49.3 Å². The van der Waals surface area contributed by atoms with E-state index in [2.05, 4.69) is 0 Å². The zero-order chi connectivity index (χ0) is 24.5. The van der Waals surface area contributed by atoms with Crippen molar-refractivity contribution in [3.8, 4) is 11.5 Å². The van der Waals surface area contributed by atoms with Gasteiger partial charge in [-0.3, -0.25) is 4.79 Å². The summed E-state index contributed by atoms with van der Waals surface area (Å²) in [6.07, 6.45) is -5.50. The lowest BCUT2D eigenvalue weighted by molar-refractivity contribution is -0.304. The number of benzene rings is 1. The molecule has 0 bridgehead atoms. The molecule has 0 aliphatic carbocycles. The smallest absolute Gasteiger partial charge is 0.335 e. The highest BCUT2D eigenvalue weighted by atomic mass is 16.7. The van der Waals surface area contributed by atoms with Gasteiger partial charge in [0.05, 0.1) is 13.2 Å². The fraction of sp³-hybridized carbons (Fsp3) is 0.652. The average Bonchev–Trinajstić information content (AvgIpc) is 2.77. The van der Waals surface area contributed by atoms with Crippen molar-refractivity contribution >= 4 is 11.8 Å². The van der Waals surface area contributed by atoms with E-state index in [1.165, 1.54) is 13.2 Å². The first-order valence-electron chi connectivity index (χ1n) is 11.1. The number of unbranched alkanes of at least 4 members (excludes halogenated alkanes) is 2. The van der Waals surface area contributed by atoms with Crippen LogP contribution in [-0.4, -0.2) is 81.2 Å².